The third-order valence-corrected chi connectivity index (χ3v) is 4.74. The minimum atomic E-state index is -0.923. The molecule has 2 aromatic rings. The summed E-state index contributed by atoms with van der Waals surface area (Å²) in [5.74, 6) is 0.460. The predicted octanol–water partition coefficient (Wildman–Crippen LogP) is 4.35. The molecule has 0 aromatic heterocycles. The second-order valence-corrected chi connectivity index (χ2v) is 6.63. The number of nitrogens with zero attached hydrogens (tertiary/aromatic N) is 1. The molecule has 0 saturated carbocycles. The minimum Gasteiger partial charge on any atom is -0.480 e. The number of carbonyl (C=O) groups excluding carboxylic acids is 1. The number of aliphatic carboxylic acids is 1. The van der Waals surface area contributed by atoms with Crippen molar-refractivity contribution >= 4 is 17.4 Å². The first-order valence-corrected chi connectivity index (χ1v) is 9.08. The SMILES string of the molecule is C=C(CCC(=O)N1CCC[C@H]1C(=O)O)c1ccc(Oc2ccccc2)cc1. The average molecular weight is 365 g/mol. The fourth-order valence-electron chi connectivity index (χ4n) is 3.25. The van der Waals surface area contributed by atoms with Crippen LogP contribution < -0.4 is 4.74 Å². The van der Waals surface area contributed by atoms with Gasteiger partial charge < -0.3 is 14.7 Å². The van der Waals surface area contributed by atoms with Crippen LogP contribution in [0.5, 0.6) is 11.5 Å². The van der Waals surface area contributed by atoms with Gasteiger partial charge in [0.05, 0.1) is 0 Å². The first-order valence-electron chi connectivity index (χ1n) is 9.08. The van der Waals surface area contributed by atoms with E-state index in [4.69, 9.17) is 4.74 Å². The maximum absolute atomic E-state index is 12.4. The zero-order chi connectivity index (χ0) is 19.2. The number of rotatable bonds is 7. The van der Waals surface area contributed by atoms with Gasteiger partial charge in [0, 0.05) is 13.0 Å². The molecule has 0 radical (unpaired) electrons. The Balaban J connectivity index is 1.53. The first-order chi connectivity index (χ1) is 13.0. The van der Waals surface area contributed by atoms with Gasteiger partial charge in [-0.2, -0.15) is 0 Å². The molecule has 2 aromatic carbocycles. The fourth-order valence-corrected chi connectivity index (χ4v) is 3.25. The number of benzene rings is 2. The first kappa shape index (κ1) is 18.7. The lowest BCUT2D eigenvalue weighted by atomic mass is 10.0. The van der Waals surface area contributed by atoms with Crippen LogP contribution in [0, 0.1) is 0 Å². The maximum atomic E-state index is 12.4. The topological polar surface area (TPSA) is 66.8 Å². The van der Waals surface area contributed by atoms with E-state index in [1.807, 2.05) is 54.6 Å². The summed E-state index contributed by atoms with van der Waals surface area (Å²) in [6.07, 6.45) is 2.04. The fraction of sp³-hybridized carbons (Fsp3) is 0.273. The van der Waals surface area contributed by atoms with E-state index in [-0.39, 0.29) is 12.3 Å². The van der Waals surface area contributed by atoms with Crippen molar-refractivity contribution in [2.45, 2.75) is 31.7 Å². The van der Waals surface area contributed by atoms with Gasteiger partial charge in [-0.05, 0) is 54.7 Å². The predicted molar refractivity (Wildman–Crippen MR) is 104 cm³/mol. The Morgan fingerprint density at radius 3 is 2.37 bits per heavy atom. The van der Waals surface area contributed by atoms with Crippen molar-refractivity contribution in [3.63, 3.8) is 0 Å². The van der Waals surface area contributed by atoms with Crippen LogP contribution in [0.25, 0.3) is 5.57 Å². The Labute approximate surface area is 158 Å². The minimum absolute atomic E-state index is 0.120. The molecule has 1 aliphatic heterocycles. The zero-order valence-corrected chi connectivity index (χ0v) is 15.1. The molecule has 5 nitrogen and oxygen atoms in total. The molecule has 0 bridgehead atoms. The van der Waals surface area contributed by atoms with Gasteiger partial charge in [0.25, 0.3) is 0 Å². The van der Waals surface area contributed by atoms with E-state index in [0.717, 1.165) is 29.1 Å². The van der Waals surface area contributed by atoms with Gasteiger partial charge in [0.15, 0.2) is 0 Å². The molecule has 5 heteroatoms. The molecular weight excluding hydrogens is 342 g/mol. The third-order valence-electron chi connectivity index (χ3n) is 4.74. The van der Waals surface area contributed by atoms with Crippen LogP contribution in [-0.4, -0.2) is 34.5 Å². The van der Waals surface area contributed by atoms with E-state index in [1.165, 1.54) is 4.90 Å². The van der Waals surface area contributed by atoms with Gasteiger partial charge in [-0.15, -0.1) is 0 Å². The summed E-state index contributed by atoms with van der Waals surface area (Å²) in [5.41, 5.74) is 1.79. The molecule has 0 spiro atoms. The van der Waals surface area contributed by atoms with Crippen molar-refractivity contribution in [1.29, 1.82) is 0 Å². The van der Waals surface area contributed by atoms with Crippen molar-refractivity contribution in [3.8, 4) is 11.5 Å². The smallest absolute Gasteiger partial charge is 0.326 e. The van der Waals surface area contributed by atoms with Gasteiger partial charge in [0.1, 0.15) is 17.5 Å². The molecule has 27 heavy (non-hydrogen) atoms. The van der Waals surface area contributed by atoms with E-state index >= 15 is 0 Å². The molecule has 0 aliphatic carbocycles. The summed E-state index contributed by atoms with van der Waals surface area (Å²) in [7, 11) is 0. The zero-order valence-electron chi connectivity index (χ0n) is 15.1. The summed E-state index contributed by atoms with van der Waals surface area (Å²) in [6.45, 7) is 4.59. The van der Waals surface area contributed by atoms with E-state index in [2.05, 4.69) is 6.58 Å². The van der Waals surface area contributed by atoms with Crippen LogP contribution in [0.2, 0.25) is 0 Å². The molecular formula is C22H23NO4. The molecule has 1 atom stereocenters. The normalized spacial score (nSPS) is 16.1. The summed E-state index contributed by atoms with van der Waals surface area (Å²) in [5, 5.41) is 9.20. The molecule has 1 saturated heterocycles. The Bertz CT molecular complexity index is 814. The van der Waals surface area contributed by atoms with E-state index < -0.39 is 12.0 Å². The van der Waals surface area contributed by atoms with Gasteiger partial charge in [-0.3, -0.25) is 4.79 Å². The van der Waals surface area contributed by atoms with Gasteiger partial charge in [-0.1, -0.05) is 36.9 Å². The highest BCUT2D eigenvalue weighted by Crippen LogP contribution is 2.26. The number of likely N-dealkylation sites (tertiary alicyclic amines) is 1. The van der Waals surface area contributed by atoms with Crippen LogP contribution in [0.3, 0.4) is 0 Å². The number of hydrogen-bond donors (Lipinski definition) is 1. The second-order valence-electron chi connectivity index (χ2n) is 6.63. The summed E-state index contributed by atoms with van der Waals surface area (Å²) >= 11 is 0. The van der Waals surface area contributed by atoms with Crippen LogP contribution in [0.15, 0.2) is 61.2 Å². The van der Waals surface area contributed by atoms with Crippen LogP contribution in [0.1, 0.15) is 31.2 Å². The highest BCUT2D eigenvalue weighted by Gasteiger charge is 2.33. The van der Waals surface area contributed by atoms with Gasteiger partial charge >= 0.3 is 5.97 Å². The highest BCUT2D eigenvalue weighted by atomic mass is 16.5. The number of para-hydroxylation sites is 1. The highest BCUT2D eigenvalue weighted by molar-refractivity contribution is 5.85. The number of carboxylic acids is 1. The lowest BCUT2D eigenvalue weighted by Crippen LogP contribution is -2.40. The van der Waals surface area contributed by atoms with E-state index in [1.54, 1.807) is 0 Å². The Hall–Kier alpha value is -3.08. The summed E-state index contributed by atoms with van der Waals surface area (Å²) in [4.78, 5) is 25.0. The average Bonchev–Trinajstić information content (AvgIpc) is 3.17. The number of hydrogen-bond acceptors (Lipinski definition) is 3. The summed E-state index contributed by atoms with van der Waals surface area (Å²) < 4.78 is 5.77. The molecule has 1 fully saturated rings. The maximum Gasteiger partial charge on any atom is 0.326 e. The van der Waals surface area contributed by atoms with Crippen molar-refractivity contribution in [1.82, 2.24) is 4.90 Å². The molecule has 140 valence electrons. The molecule has 3 rings (SSSR count). The Morgan fingerprint density at radius 1 is 1.04 bits per heavy atom. The largest absolute Gasteiger partial charge is 0.480 e. The number of amides is 1. The van der Waals surface area contributed by atoms with Crippen LogP contribution in [0.4, 0.5) is 0 Å². The molecule has 1 aliphatic rings. The number of ether oxygens (including phenoxy) is 1. The van der Waals surface area contributed by atoms with Crippen molar-refractivity contribution in [3.05, 3.63) is 66.7 Å². The number of allylic oxidation sites excluding steroid dienone is 1. The van der Waals surface area contributed by atoms with Crippen LogP contribution in [-0.2, 0) is 9.59 Å². The monoisotopic (exact) mass is 365 g/mol. The van der Waals surface area contributed by atoms with Crippen LogP contribution >= 0.6 is 0 Å². The van der Waals surface area contributed by atoms with Gasteiger partial charge in [0.2, 0.25) is 5.91 Å². The van der Waals surface area contributed by atoms with E-state index in [0.29, 0.717) is 19.4 Å². The molecule has 1 N–H and O–H groups in total. The van der Waals surface area contributed by atoms with Gasteiger partial charge in [-0.25, -0.2) is 4.79 Å². The quantitative estimate of drug-likeness (QED) is 0.792. The third kappa shape index (κ3) is 4.76. The van der Waals surface area contributed by atoms with Crippen molar-refractivity contribution < 1.29 is 19.4 Å². The lowest BCUT2D eigenvalue weighted by Gasteiger charge is -2.21. The standard InChI is InChI=1S/C22H23NO4/c1-16(9-14-21(24)23-15-5-8-20(23)22(25)26)17-10-12-19(13-11-17)27-18-6-3-2-4-7-18/h2-4,6-7,10-13,20H,1,5,8-9,14-15H2,(H,25,26)/t20-/m0/s1. The second kappa shape index (κ2) is 8.54. The Kier molecular flexibility index (Phi) is 5.91. The molecule has 0 unspecified atom stereocenters. The molecule has 1 heterocycles. The van der Waals surface area contributed by atoms with Crippen molar-refractivity contribution in [2.75, 3.05) is 6.54 Å². The Morgan fingerprint density at radius 2 is 1.70 bits per heavy atom. The van der Waals surface area contributed by atoms with E-state index in [9.17, 15) is 14.7 Å². The van der Waals surface area contributed by atoms with Crippen molar-refractivity contribution in [2.24, 2.45) is 0 Å². The lowest BCUT2D eigenvalue weighted by molar-refractivity contribution is -0.148. The summed E-state index contributed by atoms with van der Waals surface area (Å²) in [6, 6.07) is 16.4. The number of carboxylic acid groups (broad SMARTS) is 1. The number of carbonyl (C=O) groups is 2. The molecule has 1 amide bonds.